The predicted molar refractivity (Wildman–Crippen MR) is 238 cm³/mol. The van der Waals surface area contributed by atoms with Gasteiger partial charge in [-0.2, -0.15) is 13.2 Å². The van der Waals surface area contributed by atoms with Crippen molar-refractivity contribution in [2.75, 3.05) is 88.5 Å². The molecule has 8 rings (SSSR count). The first-order chi connectivity index (χ1) is 36.5. The van der Waals surface area contributed by atoms with Gasteiger partial charge < -0.3 is 85.3 Å². The molecule has 6 saturated heterocycles. The first kappa shape index (κ1) is 65.2. The molecule has 0 N–H and O–H groups in total. The molecule has 6 aliphatic rings. The number of hydrogen-bond acceptors (Lipinski definition) is 24. The molecule has 0 amide bonds. The third-order valence-corrected chi connectivity index (χ3v) is 10.2. The van der Waals surface area contributed by atoms with E-state index in [1.807, 2.05) is 0 Å². The van der Waals surface area contributed by atoms with E-state index in [1.54, 1.807) is 27.7 Å². The van der Waals surface area contributed by atoms with Gasteiger partial charge in [0.1, 0.15) is 58.1 Å². The second-order valence-electron chi connectivity index (χ2n) is 15.8. The maximum atomic E-state index is 13.1. The van der Waals surface area contributed by atoms with Gasteiger partial charge in [-0.3, -0.25) is 0 Å². The zero-order chi connectivity index (χ0) is 57.3. The molecule has 0 bridgehead atoms. The van der Waals surface area contributed by atoms with Gasteiger partial charge in [0.15, 0.2) is 60.4 Å². The SMILES string of the molecule is C#CCOC(=O)C1OCOC1C.COC(=O)C1(C)COCO1.COC(=O)C1OCOC1C.COC(=O)C1OCOC1C(F)(F)F.Cc1cc(OC(=O)C2COCO2)ccc1F.O=C(Oc1ccc(F)cc1F)C1COCO1. The minimum Gasteiger partial charge on any atom is -0.467 e. The average Bonchev–Trinajstić information content (AvgIpc) is 4.27. The van der Waals surface area contributed by atoms with Crippen LogP contribution in [0.2, 0.25) is 0 Å². The molecular formula is C47H56F6O24. The van der Waals surface area contributed by atoms with Crippen molar-refractivity contribution in [1.29, 1.82) is 0 Å². The number of benzene rings is 2. The van der Waals surface area contributed by atoms with Gasteiger partial charge in [0.25, 0.3) is 0 Å². The molecule has 6 heterocycles. The van der Waals surface area contributed by atoms with Crippen LogP contribution < -0.4 is 9.47 Å². The Morgan fingerprint density at radius 2 is 1.18 bits per heavy atom. The van der Waals surface area contributed by atoms with Crippen molar-refractivity contribution in [2.45, 2.75) is 88.3 Å². The molecule has 77 heavy (non-hydrogen) atoms. The Balaban J connectivity index is 0.000000246. The first-order valence-corrected chi connectivity index (χ1v) is 22.4. The predicted octanol–water partition coefficient (Wildman–Crippen LogP) is 2.89. The minimum atomic E-state index is -4.62. The molecular weight excluding hydrogens is 1060 g/mol. The molecule has 0 saturated carbocycles. The lowest BCUT2D eigenvalue weighted by molar-refractivity contribution is -0.213. The summed E-state index contributed by atoms with van der Waals surface area (Å²) >= 11 is 0. The van der Waals surface area contributed by atoms with Gasteiger partial charge in [-0.25, -0.2) is 41.9 Å². The molecule has 9 unspecified atom stereocenters. The van der Waals surface area contributed by atoms with E-state index in [4.69, 9.17) is 63.3 Å². The number of hydrogen-bond donors (Lipinski definition) is 0. The molecule has 0 spiro atoms. The Hall–Kier alpha value is -6.08. The van der Waals surface area contributed by atoms with Crippen LogP contribution in [-0.2, 0) is 105 Å². The van der Waals surface area contributed by atoms with Crippen LogP contribution in [0, 0.1) is 36.7 Å². The topological polar surface area (TPSA) is 269 Å². The number of ether oxygens (including phenoxy) is 18. The Morgan fingerprint density at radius 1 is 0.636 bits per heavy atom. The lowest BCUT2D eigenvalue weighted by atomic mass is 10.1. The number of carbonyl (C=O) groups is 6. The van der Waals surface area contributed by atoms with E-state index in [-0.39, 0.29) is 96.1 Å². The Bertz CT molecular complexity index is 2260. The van der Waals surface area contributed by atoms with E-state index >= 15 is 0 Å². The van der Waals surface area contributed by atoms with E-state index in [0.29, 0.717) is 17.4 Å². The summed E-state index contributed by atoms with van der Waals surface area (Å²) in [5.74, 6) is -3.42. The highest BCUT2D eigenvalue weighted by Crippen LogP contribution is 2.31. The summed E-state index contributed by atoms with van der Waals surface area (Å²) < 4.78 is 160. The summed E-state index contributed by atoms with van der Waals surface area (Å²) in [7, 11) is 3.64. The number of terminal acetylenes is 1. The highest BCUT2D eigenvalue weighted by molar-refractivity contribution is 5.80. The van der Waals surface area contributed by atoms with Crippen molar-refractivity contribution < 1.29 is 140 Å². The monoisotopic (exact) mass is 1120 g/mol. The van der Waals surface area contributed by atoms with E-state index in [2.05, 4.69) is 34.3 Å². The van der Waals surface area contributed by atoms with Crippen LogP contribution >= 0.6 is 0 Å². The van der Waals surface area contributed by atoms with E-state index in [0.717, 1.165) is 19.2 Å². The summed E-state index contributed by atoms with van der Waals surface area (Å²) in [5.41, 5.74) is -0.455. The van der Waals surface area contributed by atoms with Gasteiger partial charge in [0.2, 0.25) is 0 Å². The number of halogens is 6. The zero-order valence-corrected chi connectivity index (χ0v) is 42.3. The highest BCUT2D eigenvalue weighted by atomic mass is 19.4. The molecule has 2 aromatic carbocycles. The summed E-state index contributed by atoms with van der Waals surface area (Å²) in [6.45, 7) is 7.32. The maximum Gasteiger partial charge on any atom is 0.417 e. The average molecular weight is 1120 g/mol. The Kier molecular flexibility index (Phi) is 27.6. The van der Waals surface area contributed by atoms with Crippen molar-refractivity contribution >= 4 is 35.8 Å². The third kappa shape index (κ3) is 21.3. The van der Waals surface area contributed by atoms with Gasteiger partial charge in [-0.05, 0) is 63.6 Å². The van der Waals surface area contributed by atoms with Crippen LogP contribution in [-0.4, -0.2) is 185 Å². The van der Waals surface area contributed by atoms with Crippen molar-refractivity contribution in [3.05, 3.63) is 59.4 Å². The third-order valence-electron chi connectivity index (χ3n) is 10.2. The largest absolute Gasteiger partial charge is 0.467 e. The maximum absolute atomic E-state index is 13.1. The number of alkyl halides is 3. The molecule has 0 aromatic heterocycles. The highest BCUT2D eigenvalue weighted by Gasteiger charge is 2.53. The number of carbonyl (C=O) groups excluding carboxylic acids is 6. The number of methoxy groups -OCH3 is 3. The second kappa shape index (κ2) is 32.6. The molecule has 0 radical (unpaired) electrons. The summed E-state index contributed by atoms with van der Waals surface area (Å²) in [5, 5.41) is 0. The lowest BCUT2D eigenvalue weighted by Gasteiger charge is -2.17. The van der Waals surface area contributed by atoms with E-state index in [9.17, 15) is 55.1 Å². The van der Waals surface area contributed by atoms with Crippen molar-refractivity contribution in [1.82, 2.24) is 0 Å². The molecule has 430 valence electrons. The van der Waals surface area contributed by atoms with Crippen molar-refractivity contribution in [2.24, 2.45) is 0 Å². The summed E-state index contributed by atoms with van der Waals surface area (Å²) in [4.78, 5) is 66.4. The van der Waals surface area contributed by atoms with Crippen LogP contribution in [0.3, 0.4) is 0 Å². The van der Waals surface area contributed by atoms with Gasteiger partial charge in [-0.15, -0.1) is 6.42 Å². The van der Waals surface area contributed by atoms with E-state index < -0.39 is 90.7 Å². The van der Waals surface area contributed by atoms with Crippen molar-refractivity contribution in [3.8, 4) is 23.8 Å². The minimum absolute atomic E-state index is 0.00562. The number of esters is 6. The fraction of sp³-hybridized carbons (Fsp3) is 0.574. The summed E-state index contributed by atoms with van der Waals surface area (Å²) in [6.07, 6.45) is -6.78. The molecule has 9 atom stereocenters. The molecule has 0 aliphatic carbocycles. The Morgan fingerprint density at radius 3 is 1.64 bits per heavy atom. The molecule has 6 fully saturated rings. The fourth-order valence-electron chi connectivity index (χ4n) is 5.97. The smallest absolute Gasteiger partial charge is 0.417 e. The molecule has 24 nitrogen and oxygen atoms in total. The fourth-order valence-corrected chi connectivity index (χ4v) is 5.97. The van der Waals surface area contributed by atoms with Crippen molar-refractivity contribution in [3.63, 3.8) is 0 Å². The van der Waals surface area contributed by atoms with Crippen LogP contribution in [0.5, 0.6) is 11.5 Å². The lowest BCUT2D eigenvalue weighted by Crippen LogP contribution is -2.42. The number of rotatable bonds is 9. The van der Waals surface area contributed by atoms with Crippen LogP contribution in [0.4, 0.5) is 26.3 Å². The molecule has 2 aromatic rings. The molecule has 6 aliphatic heterocycles. The summed E-state index contributed by atoms with van der Waals surface area (Å²) in [6, 6.07) is 6.79. The van der Waals surface area contributed by atoms with Crippen LogP contribution in [0.25, 0.3) is 0 Å². The second-order valence-corrected chi connectivity index (χ2v) is 15.8. The quantitative estimate of drug-likeness (QED) is 0.115. The zero-order valence-electron chi connectivity index (χ0n) is 42.3. The normalized spacial score (nSPS) is 25.8. The standard InChI is InChI=1S/C11H11FO4.C10H8F2O4.C8H10O4.C6H7F3O4.2C6H10O4/c1-7-4-8(2-3-9(7)12)16-11(13)10-5-14-6-15-10;11-6-1-2-8(7(12)3-6)16-10(13)9-4-14-5-15-9;1-3-4-10-8(9)7-6(2)11-5-12-7;1-11-5(10)3-4(6(7,8)9)13-2-12-3;1-6(5(7)8-2)3-9-4-10-6;1-4-5(6(7)8-2)10-3-9-4/h2-4,10H,5-6H2,1H3;1-3,9H,4-5H2;1,6-7H,4-5H2,2H3;3-4H,2H2,1H3;3-4H2,1-2H3;4-5H,3H2,1-2H3. The van der Waals surface area contributed by atoms with E-state index in [1.165, 1.54) is 32.4 Å². The van der Waals surface area contributed by atoms with Gasteiger partial charge >= 0.3 is 42.0 Å². The van der Waals surface area contributed by atoms with Gasteiger partial charge in [-0.1, -0.05) is 5.92 Å². The molecule has 30 heteroatoms. The number of aryl methyl sites for hydroxylation is 1. The van der Waals surface area contributed by atoms with Gasteiger partial charge in [0.05, 0.1) is 53.4 Å². The van der Waals surface area contributed by atoms with Gasteiger partial charge in [0, 0.05) is 6.07 Å². The van der Waals surface area contributed by atoms with Crippen LogP contribution in [0.1, 0.15) is 26.3 Å². The Labute approximate surface area is 435 Å². The van der Waals surface area contributed by atoms with Crippen LogP contribution in [0.15, 0.2) is 36.4 Å². The first-order valence-electron chi connectivity index (χ1n) is 22.4.